The molecule has 0 spiro atoms. The molecule has 0 radical (unpaired) electrons. The molecule has 0 fully saturated rings. The van der Waals surface area contributed by atoms with E-state index in [0.717, 1.165) is 0 Å². The molecule has 0 saturated carbocycles. The normalized spacial score (nSPS) is 13.8. The zero-order valence-electron chi connectivity index (χ0n) is 12.3. The number of halogens is 4. The third-order valence-electron chi connectivity index (χ3n) is 2.97. The lowest BCUT2D eigenvalue weighted by Crippen LogP contribution is -2.38. The third kappa shape index (κ3) is 4.82. The van der Waals surface area contributed by atoms with Crippen molar-refractivity contribution in [3.05, 3.63) is 17.7 Å². The van der Waals surface area contributed by atoms with Crippen molar-refractivity contribution in [2.24, 2.45) is 5.73 Å². The van der Waals surface area contributed by atoms with E-state index < -0.39 is 24.7 Å². The highest BCUT2D eigenvalue weighted by Gasteiger charge is 2.38. The number of aliphatic hydroxyl groups excluding tert-OH is 1. The molecule has 0 aliphatic heterocycles. The molecule has 128 valence electrons. The lowest BCUT2D eigenvalue weighted by Gasteiger charge is -2.21. The summed E-state index contributed by atoms with van der Waals surface area (Å²) in [6, 6.07) is 0.649. The van der Waals surface area contributed by atoms with Crippen LogP contribution in [-0.4, -0.2) is 38.7 Å². The summed E-state index contributed by atoms with van der Waals surface area (Å²) in [6.07, 6.45) is -6.64. The maximum Gasteiger partial charge on any atom is 0.403 e. The van der Waals surface area contributed by atoms with Crippen LogP contribution in [0.5, 0.6) is 17.2 Å². The molecule has 1 aromatic carbocycles. The first-order valence-corrected chi connectivity index (χ1v) is 6.04. The summed E-state index contributed by atoms with van der Waals surface area (Å²) in [7, 11) is 4.14. The Morgan fingerprint density at radius 1 is 1.09 bits per heavy atom. The van der Waals surface area contributed by atoms with Gasteiger partial charge in [0.2, 0.25) is 5.75 Å². The van der Waals surface area contributed by atoms with Crippen LogP contribution in [0.3, 0.4) is 0 Å². The first-order chi connectivity index (χ1) is 9.74. The van der Waals surface area contributed by atoms with E-state index in [1.54, 1.807) is 0 Å². The topological polar surface area (TPSA) is 73.9 Å². The lowest BCUT2D eigenvalue weighted by molar-refractivity contribution is -0.153. The highest BCUT2D eigenvalue weighted by atomic mass is 35.5. The average molecular weight is 346 g/mol. The third-order valence-corrected chi connectivity index (χ3v) is 2.97. The van der Waals surface area contributed by atoms with Crippen molar-refractivity contribution in [2.45, 2.75) is 24.7 Å². The number of alkyl halides is 3. The molecule has 0 saturated heterocycles. The predicted octanol–water partition coefficient (Wildman–Crippen LogP) is 2.45. The number of rotatable bonds is 6. The molecule has 1 rings (SSSR count). The Bertz CT molecular complexity index is 460. The SMILES string of the molecule is COc1cc([C@H](O)C[C@H](N)C(F)(F)F)cc(OC)c1OC.Cl. The van der Waals surface area contributed by atoms with Crippen LogP contribution in [0, 0.1) is 0 Å². The van der Waals surface area contributed by atoms with E-state index in [1.807, 2.05) is 0 Å². The van der Waals surface area contributed by atoms with Gasteiger partial charge in [0.05, 0.1) is 27.4 Å². The van der Waals surface area contributed by atoms with Crippen LogP contribution in [-0.2, 0) is 0 Å². The largest absolute Gasteiger partial charge is 0.493 e. The second-order valence-corrected chi connectivity index (χ2v) is 4.36. The first-order valence-electron chi connectivity index (χ1n) is 6.04. The van der Waals surface area contributed by atoms with Crippen molar-refractivity contribution in [2.75, 3.05) is 21.3 Å². The van der Waals surface area contributed by atoms with E-state index in [2.05, 4.69) is 0 Å². The Hall–Kier alpha value is -1.38. The molecule has 0 aliphatic rings. The summed E-state index contributed by atoms with van der Waals surface area (Å²) in [5.41, 5.74) is 5.21. The fraction of sp³-hybridized carbons (Fsp3) is 0.538. The molecule has 1 aromatic rings. The minimum absolute atomic E-state index is 0. The van der Waals surface area contributed by atoms with Crippen LogP contribution in [0.1, 0.15) is 18.1 Å². The number of methoxy groups -OCH3 is 3. The van der Waals surface area contributed by atoms with Crippen LogP contribution in [0.25, 0.3) is 0 Å². The van der Waals surface area contributed by atoms with E-state index in [1.165, 1.54) is 33.5 Å². The first kappa shape index (κ1) is 20.6. The van der Waals surface area contributed by atoms with Crippen LogP contribution >= 0.6 is 12.4 Å². The van der Waals surface area contributed by atoms with E-state index in [0.29, 0.717) is 0 Å². The molecular formula is C13H19ClF3NO4. The van der Waals surface area contributed by atoms with Crippen LogP contribution in [0.4, 0.5) is 13.2 Å². The number of aliphatic hydroxyl groups is 1. The van der Waals surface area contributed by atoms with Gasteiger partial charge < -0.3 is 25.1 Å². The van der Waals surface area contributed by atoms with Gasteiger partial charge in [0.15, 0.2) is 11.5 Å². The van der Waals surface area contributed by atoms with Gasteiger partial charge in [-0.05, 0) is 17.7 Å². The molecule has 3 N–H and O–H groups in total. The van der Waals surface area contributed by atoms with Gasteiger partial charge >= 0.3 is 6.18 Å². The highest BCUT2D eigenvalue weighted by molar-refractivity contribution is 5.85. The summed E-state index contributed by atoms with van der Waals surface area (Å²) in [5, 5.41) is 9.93. The predicted molar refractivity (Wildman–Crippen MR) is 77.0 cm³/mol. The Labute approximate surface area is 132 Å². The van der Waals surface area contributed by atoms with E-state index in [9.17, 15) is 18.3 Å². The van der Waals surface area contributed by atoms with Crippen molar-refractivity contribution in [3.8, 4) is 17.2 Å². The molecule has 2 atom stereocenters. The summed E-state index contributed by atoms with van der Waals surface area (Å²) in [4.78, 5) is 0. The van der Waals surface area contributed by atoms with E-state index in [-0.39, 0.29) is 35.2 Å². The minimum atomic E-state index is -4.57. The standard InChI is InChI=1S/C13H18F3NO4.ClH/c1-19-9-4-7(5-10(20-2)12(9)21-3)8(18)6-11(17)13(14,15)16;/h4-5,8,11,18H,6,17H2,1-3H3;1H/t8-,11+;/m1./s1. The molecule has 0 bridgehead atoms. The molecule has 0 aromatic heterocycles. The maximum atomic E-state index is 12.4. The van der Waals surface area contributed by atoms with Gasteiger partial charge in [-0.15, -0.1) is 12.4 Å². The van der Waals surface area contributed by atoms with Gasteiger partial charge in [0.25, 0.3) is 0 Å². The zero-order valence-corrected chi connectivity index (χ0v) is 13.1. The van der Waals surface area contributed by atoms with Crippen LogP contribution in [0.15, 0.2) is 12.1 Å². The van der Waals surface area contributed by atoms with Crippen molar-refractivity contribution < 1.29 is 32.5 Å². The Kier molecular flexibility index (Phi) is 7.78. The lowest BCUT2D eigenvalue weighted by atomic mass is 10.0. The van der Waals surface area contributed by atoms with Gasteiger partial charge in [-0.3, -0.25) is 0 Å². The van der Waals surface area contributed by atoms with Gasteiger partial charge in [-0.1, -0.05) is 0 Å². The van der Waals surface area contributed by atoms with Crippen molar-refractivity contribution in [1.82, 2.24) is 0 Å². The quantitative estimate of drug-likeness (QED) is 0.828. The van der Waals surface area contributed by atoms with E-state index >= 15 is 0 Å². The number of hydrogen-bond donors (Lipinski definition) is 2. The highest BCUT2D eigenvalue weighted by Crippen LogP contribution is 2.40. The molecular weight excluding hydrogens is 327 g/mol. The molecule has 0 heterocycles. The molecule has 0 unspecified atom stereocenters. The average Bonchev–Trinajstić information content (AvgIpc) is 2.44. The Morgan fingerprint density at radius 3 is 1.86 bits per heavy atom. The summed E-state index contributed by atoms with van der Waals surface area (Å²) in [5.74, 6) is 0.772. The number of hydrogen-bond acceptors (Lipinski definition) is 5. The van der Waals surface area contributed by atoms with Gasteiger partial charge in [-0.25, -0.2) is 0 Å². The van der Waals surface area contributed by atoms with E-state index in [4.69, 9.17) is 19.9 Å². The molecule has 0 aliphatic carbocycles. The van der Waals surface area contributed by atoms with Crippen molar-refractivity contribution in [3.63, 3.8) is 0 Å². The fourth-order valence-electron chi connectivity index (χ4n) is 1.80. The monoisotopic (exact) mass is 345 g/mol. The Balaban J connectivity index is 0.00000441. The Morgan fingerprint density at radius 2 is 1.55 bits per heavy atom. The van der Waals surface area contributed by atoms with Crippen LogP contribution in [0.2, 0.25) is 0 Å². The molecule has 5 nitrogen and oxygen atoms in total. The number of nitrogens with two attached hydrogens (primary N) is 1. The molecule has 22 heavy (non-hydrogen) atoms. The van der Waals surface area contributed by atoms with Crippen molar-refractivity contribution >= 4 is 12.4 Å². The minimum Gasteiger partial charge on any atom is -0.493 e. The molecule has 0 amide bonds. The maximum absolute atomic E-state index is 12.4. The zero-order chi connectivity index (χ0) is 16.2. The summed E-state index contributed by atoms with van der Waals surface area (Å²) < 4.78 is 52.5. The fourth-order valence-corrected chi connectivity index (χ4v) is 1.80. The van der Waals surface area contributed by atoms with Gasteiger partial charge in [0.1, 0.15) is 6.04 Å². The van der Waals surface area contributed by atoms with Crippen molar-refractivity contribution in [1.29, 1.82) is 0 Å². The smallest absolute Gasteiger partial charge is 0.403 e. The summed E-state index contributed by atoms with van der Waals surface area (Å²) >= 11 is 0. The number of benzene rings is 1. The number of ether oxygens (including phenoxy) is 3. The van der Waals surface area contributed by atoms with Gasteiger partial charge in [0, 0.05) is 6.42 Å². The van der Waals surface area contributed by atoms with Gasteiger partial charge in [-0.2, -0.15) is 13.2 Å². The molecule has 9 heteroatoms. The van der Waals surface area contributed by atoms with Crippen LogP contribution < -0.4 is 19.9 Å². The summed E-state index contributed by atoms with van der Waals surface area (Å²) in [6.45, 7) is 0. The second kappa shape index (κ2) is 8.30. The second-order valence-electron chi connectivity index (χ2n) is 4.36.